The maximum Gasteiger partial charge on any atom is 0.329 e. The molecule has 5 nitrogen and oxygen atoms in total. The topological polar surface area (TPSA) is 92.4 Å². The van der Waals surface area contributed by atoms with Crippen molar-refractivity contribution in [2.45, 2.75) is 32.2 Å². The molecule has 98 valence electrons. The molecule has 0 fully saturated rings. The van der Waals surface area contributed by atoms with E-state index in [9.17, 15) is 14.7 Å². The minimum Gasteiger partial charge on any atom is -0.480 e. The van der Waals surface area contributed by atoms with Gasteiger partial charge in [-0.3, -0.25) is 4.79 Å². The summed E-state index contributed by atoms with van der Waals surface area (Å²) in [5.74, 6) is -1.52. The van der Waals surface area contributed by atoms with Gasteiger partial charge in [-0.2, -0.15) is 0 Å². The molecule has 0 heterocycles. The summed E-state index contributed by atoms with van der Waals surface area (Å²) < 4.78 is 0. The van der Waals surface area contributed by atoms with E-state index in [1.807, 2.05) is 0 Å². The Labute approximate surface area is 106 Å². The number of carboxylic acids is 1. The highest BCUT2D eigenvalue weighted by Crippen LogP contribution is 2.25. The molecule has 0 saturated carbocycles. The Morgan fingerprint density at radius 1 is 1.28 bits per heavy atom. The summed E-state index contributed by atoms with van der Waals surface area (Å²) in [7, 11) is 0. The number of benzene rings is 1. The molecule has 0 aliphatic rings. The smallest absolute Gasteiger partial charge is 0.329 e. The number of aliphatic carboxylic acids is 1. The fourth-order valence-corrected chi connectivity index (χ4v) is 1.85. The third-order valence-electron chi connectivity index (χ3n) is 3.18. The van der Waals surface area contributed by atoms with Crippen molar-refractivity contribution in [3.63, 3.8) is 0 Å². The van der Waals surface area contributed by atoms with Crippen LogP contribution in [0.25, 0.3) is 0 Å². The molecule has 1 aromatic carbocycles. The Bertz CT molecular complexity index is 453. The highest BCUT2D eigenvalue weighted by atomic mass is 16.4. The largest absolute Gasteiger partial charge is 0.480 e. The van der Waals surface area contributed by atoms with Gasteiger partial charge in [-0.15, -0.1) is 0 Å². The first-order valence-electron chi connectivity index (χ1n) is 5.87. The second-order valence-electron chi connectivity index (χ2n) is 4.13. The number of nitrogens with one attached hydrogen (secondary N) is 1. The van der Waals surface area contributed by atoms with Gasteiger partial charge in [0.1, 0.15) is 5.54 Å². The summed E-state index contributed by atoms with van der Waals surface area (Å²) in [5, 5.41) is 12.3. The summed E-state index contributed by atoms with van der Waals surface area (Å²) >= 11 is 0. The van der Waals surface area contributed by atoms with Crippen LogP contribution < -0.4 is 11.1 Å². The van der Waals surface area contributed by atoms with Gasteiger partial charge in [-0.05, 0) is 25.0 Å². The van der Waals surface area contributed by atoms with Gasteiger partial charge >= 0.3 is 5.97 Å². The maximum absolute atomic E-state index is 11.4. The first-order valence-corrected chi connectivity index (χ1v) is 5.87. The van der Waals surface area contributed by atoms with Gasteiger partial charge in [-0.25, -0.2) is 4.79 Å². The number of carbonyl (C=O) groups excluding carboxylic acids is 1. The highest BCUT2D eigenvalue weighted by molar-refractivity contribution is 5.99. The Hall–Kier alpha value is -2.04. The van der Waals surface area contributed by atoms with Crippen LogP contribution in [0.3, 0.4) is 0 Å². The fraction of sp³-hybridized carbons (Fsp3) is 0.385. The van der Waals surface area contributed by atoms with E-state index in [2.05, 4.69) is 5.32 Å². The molecule has 1 rings (SSSR count). The van der Waals surface area contributed by atoms with Gasteiger partial charge in [0.05, 0.1) is 5.56 Å². The zero-order chi connectivity index (χ0) is 13.8. The zero-order valence-corrected chi connectivity index (χ0v) is 10.6. The summed E-state index contributed by atoms with van der Waals surface area (Å²) in [5.41, 5.74) is 4.94. The SMILES string of the molecule is CCC(CC)(Nc1ccccc1C(N)=O)C(=O)O. The Balaban J connectivity index is 3.16. The molecular weight excluding hydrogens is 232 g/mol. The van der Waals surface area contributed by atoms with Crippen LogP contribution >= 0.6 is 0 Å². The van der Waals surface area contributed by atoms with Crippen molar-refractivity contribution in [3.8, 4) is 0 Å². The molecule has 18 heavy (non-hydrogen) atoms. The van der Waals surface area contributed by atoms with E-state index in [0.717, 1.165) is 0 Å². The van der Waals surface area contributed by atoms with E-state index in [1.54, 1.807) is 38.1 Å². The van der Waals surface area contributed by atoms with Crippen molar-refractivity contribution in [1.82, 2.24) is 0 Å². The number of rotatable bonds is 6. The summed E-state index contributed by atoms with van der Waals surface area (Å²) in [6.45, 7) is 3.58. The number of nitrogens with two attached hydrogens (primary N) is 1. The predicted octanol–water partition coefficient (Wildman–Crippen LogP) is 1.84. The van der Waals surface area contributed by atoms with Crippen molar-refractivity contribution in [2.24, 2.45) is 5.73 Å². The van der Waals surface area contributed by atoms with E-state index >= 15 is 0 Å². The van der Waals surface area contributed by atoms with Crippen molar-refractivity contribution >= 4 is 17.6 Å². The third kappa shape index (κ3) is 2.61. The van der Waals surface area contributed by atoms with Gasteiger partial charge < -0.3 is 16.2 Å². The molecule has 1 aromatic rings. The standard InChI is InChI=1S/C13H18N2O3/c1-3-13(4-2,12(17)18)15-10-8-6-5-7-9(10)11(14)16/h5-8,15H,3-4H2,1-2H3,(H2,14,16)(H,17,18). The van der Waals surface area contributed by atoms with Crippen LogP contribution in [0.5, 0.6) is 0 Å². The van der Waals surface area contributed by atoms with Crippen LogP contribution in [0.2, 0.25) is 0 Å². The molecule has 4 N–H and O–H groups in total. The zero-order valence-electron chi connectivity index (χ0n) is 10.6. The monoisotopic (exact) mass is 250 g/mol. The average Bonchev–Trinajstić information content (AvgIpc) is 2.36. The Kier molecular flexibility index (Phi) is 4.31. The molecule has 5 heteroatoms. The Morgan fingerprint density at radius 3 is 2.28 bits per heavy atom. The number of hydrogen-bond donors (Lipinski definition) is 3. The predicted molar refractivity (Wildman–Crippen MR) is 69.5 cm³/mol. The van der Waals surface area contributed by atoms with Crippen molar-refractivity contribution in [2.75, 3.05) is 5.32 Å². The van der Waals surface area contributed by atoms with Gasteiger partial charge in [0.2, 0.25) is 0 Å². The minimum atomic E-state index is -1.08. The van der Waals surface area contributed by atoms with Crippen LogP contribution in [-0.4, -0.2) is 22.5 Å². The molecule has 0 atom stereocenters. The van der Waals surface area contributed by atoms with Gasteiger partial charge in [-0.1, -0.05) is 26.0 Å². The normalized spacial score (nSPS) is 11.0. The number of hydrogen-bond acceptors (Lipinski definition) is 3. The number of amides is 1. The number of carbonyl (C=O) groups is 2. The molecule has 0 aliphatic carbocycles. The summed E-state index contributed by atoms with van der Waals surface area (Å²) in [6, 6.07) is 6.64. The quantitative estimate of drug-likeness (QED) is 0.718. The summed E-state index contributed by atoms with van der Waals surface area (Å²) in [4.78, 5) is 22.7. The molecule has 0 spiro atoms. The molecule has 0 aromatic heterocycles. The second kappa shape index (κ2) is 5.53. The van der Waals surface area contributed by atoms with E-state index in [1.165, 1.54) is 0 Å². The molecule has 0 saturated heterocycles. The van der Waals surface area contributed by atoms with E-state index in [-0.39, 0.29) is 0 Å². The van der Waals surface area contributed by atoms with Gasteiger partial charge in [0.15, 0.2) is 0 Å². The second-order valence-corrected chi connectivity index (χ2v) is 4.13. The first kappa shape index (κ1) is 14.0. The van der Waals surface area contributed by atoms with E-state index in [0.29, 0.717) is 24.1 Å². The van der Waals surface area contributed by atoms with Crippen LogP contribution in [-0.2, 0) is 4.79 Å². The van der Waals surface area contributed by atoms with Crippen LogP contribution in [0.15, 0.2) is 24.3 Å². The number of para-hydroxylation sites is 1. The number of carboxylic acid groups (broad SMARTS) is 1. The molecule has 0 aliphatic heterocycles. The van der Waals surface area contributed by atoms with Crippen molar-refractivity contribution < 1.29 is 14.7 Å². The maximum atomic E-state index is 11.4. The van der Waals surface area contributed by atoms with Crippen LogP contribution in [0.1, 0.15) is 37.0 Å². The minimum absolute atomic E-state index is 0.296. The molecule has 0 unspecified atom stereocenters. The lowest BCUT2D eigenvalue weighted by Gasteiger charge is -2.30. The lowest BCUT2D eigenvalue weighted by Crippen LogP contribution is -2.45. The van der Waals surface area contributed by atoms with Gasteiger partial charge in [0.25, 0.3) is 5.91 Å². The first-order chi connectivity index (χ1) is 8.46. The molecule has 0 radical (unpaired) electrons. The van der Waals surface area contributed by atoms with Crippen molar-refractivity contribution in [3.05, 3.63) is 29.8 Å². The van der Waals surface area contributed by atoms with E-state index in [4.69, 9.17) is 5.73 Å². The lowest BCUT2D eigenvalue weighted by molar-refractivity contribution is -0.142. The Morgan fingerprint density at radius 2 is 1.83 bits per heavy atom. The van der Waals surface area contributed by atoms with Gasteiger partial charge in [0, 0.05) is 5.69 Å². The number of anilines is 1. The number of primary amides is 1. The molecule has 1 amide bonds. The fourth-order valence-electron chi connectivity index (χ4n) is 1.85. The lowest BCUT2D eigenvalue weighted by atomic mass is 9.92. The van der Waals surface area contributed by atoms with Crippen LogP contribution in [0, 0.1) is 0 Å². The van der Waals surface area contributed by atoms with Crippen molar-refractivity contribution in [1.29, 1.82) is 0 Å². The van der Waals surface area contributed by atoms with E-state index < -0.39 is 17.4 Å². The van der Waals surface area contributed by atoms with Crippen LogP contribution in [0.4, 0.5) is 5.69 Å². The molecular formula is C13H18N2O3. The molecule has 0 bridgehead atoms. The highest BCUT2D eigenvalue weighted by Gasteiger charge is 2.35. The third-order valence-corrected chi connectivity index (χ3v) is 3.18. The average molecular weight is 250 g/mol. The summed E-state index contributed by atoms with van der Waals surface area (Å²) in [6.07, 6.45) is 0.817.